The van der Waals surface area contributed by atoms with E-state index < -0.39 is 5.97 Å². The van der Waals surface area contributed by atoms with Crippen LogP contribution in [-0.2, 0) is 6.54 Å². The number of hydrogen-bond acceptors (Lipinski definition) is 2. The highest BCUT2D eigenvalue weighted by molar-refractivity contribution is 5.87. The highest BCUT2D eigenvalue weighted by atomic mass is 16.4. The van der Waals surface area contributed by atoms with Gasteiger partial charge in [-0.3, -0.25) is 0 Å². The Morgan fingerprint density at radius 2 is 2.28 bits per heavy atom. The molecule has 0 spiro atoms. The van der Waals surface area contributed by atoms with Gasteiger partial charge in [0.15, 0.2) is 0 Å². The van der Waals surface area contributed by atoms with Crippen LogP contribution in [0.15, 0.2) is 24.3 Å². The van der Waals surface area contributed by atoms with Gasteiger partial charge in [0.1, 0.15) is 0 Å². The monoisotopic (exact) mass is 247 g/mol. The average molecular weight is 247 g/mol. The molecule has 1 aliphatic carbocycles. The summed E-state index contributed by atoms with van der Waals surface area (Å²) in [6, 6.07) is 7.78. The first-order chi connectivity index (χ1) is 8.70. The van der Waals surface area contributed by atoms with Crippen molar-refractivity contribution < 1.29 is 9.90 Å². The van der Waals surface area contributed by atoms with Crippen molar-refractivity contribution in [3.8, 4) is 0 Å². The van der Waals surface area contributed by atoms with E-state index in [1.807, 2.05) is 12.1 Å². The minimum Gasteiger partial charge on any atom is -0.478 e. The van der Waals surface area contributed by atoms with Gasteiger partial charge < -0.3 is 10.4 Å². The lowest BCUT2D eigenvalue weighted by Crippen LogP contribution is -2.31. The van der Waals surface area contributed by atoms with Crippen molar-refractivity contribution in [3.05, 3.63) is 35.4 Å². The van der Waals surface area contributed by atoms with Crippen LogP contribution in [-0.4, -0.2) is 17.1 Å². The molecule has 1 saturated carbocycles. The Morgan fingerprint density at radius 3 is 3.00 bits per heavy atom. The minimum absolute atomic E-state index is 0.368. The second-order valence-electron chi connectivity index (χ2n) is 5.09. The van der Waals surface area contributed by atoms with E-state index in [2.05, 4.69) is 12.2 Å². The van der Waals surface area contributed by atoms with Gasteiger partial charge in [-0.2, -0.15) is 0 Å². The van der Waals surface area contributed by atoms with Crippen LogP contribution in [0.3, 0.4) is 0 Å². The maximum Gasteiger partial charge on any atom is 0.335 e. The zero-order valence-corrected chi connectivity index (χ0v) is 10.9. The fourth-order valence-corrected chi connectivity index (χ4v) is 2.86. The van der Waals surface area contributed by atoms with E-state index in [1.54, 1.807) is 12.1 Å². The molecule has 18 heavy (non-hydrogen) atoms. The molecule has 2 atom stereocenters. The molecule has 3 heteroatoms. The number of carboxylic acids is 1. The number of hydrogen-bond donors (Lipinski definition) is 2. The molecule has 0 heterocycles. The summed E-state index contributed by atoms with van der Waals surface area (Å²) >= 11 is 0. The van der Waals surface area contributed by atoms with Gasteiger partial charge in [0, 0.05) is 12.6 Å². The van der Waals surface area contributed by atoms with Crippen LogP contribution >= 0.6 is 0 Å². The number of benzene rings is 1. The second kappa shape index (κ2) is 6.01. The highest BCUT2D eigenvalue weighted by Gasteiger charge is 2.24. The largest absolute Gasteiger partial charge is 0.478 e. The first kappa shape index (κ1) is 13.1. The van der Waals surface area contributed by atoms with Gasteiger partial charge in [-0.15, -0.1) is 0 Å². The molecule has 2 rings (SSSR count). The summed E-state index contributed by atoms with van der Waals surface area (Å²) in [4.78, 5) is 10.9. The lowest BCUT2D eigenvalue weighted by Gasteiger charge is -2.19. The molecule has 1 aromatic carbocycles. The van der Waals surface area contributed by atoms with Crippen molar-refractivity contribution in [2.45, 2.75) is 45.2 Å². The molecule has 0 bridgehead atoms. The van der Waals surface area contributed by atoms with E-state index in [0.717, 1.165) is 18.0 Å². The van der Waals surface area contributed by atoms with Gasteiger partial charge >= 0.3 is 5.97 Å². The summed E-state index contributed by atoms with van der Waals surface area (Å²) in [5.74, 6) is -0.0724. The Kier molecular flexibility index (Phi) is 4.37. The fraction of sp³-hybridized carbons (Fsp3) is 0.533. The van der Waals surface area contributed by atoms with E-state index in [0.29, 0.717) is 11.6 Å². The van der Waals surface area contributed by atoms with Gasteiger partial charge in [-0.05, 0) is 36.5 Å². The number of carbonyl (C=O) groups is 1. The van der Waals surface area contributed by atoms with Gasteiger partial charge in [-0.1, -0.05) is 31.9 Å². The van der Waals surface area contributed by atoms with Crippen LogP contribution in [0.5, 0.6) is 0 Å². The smallest absolute Gasteiger partial charge is 0.335 e. The van der Waals surface area contributed by atoms with Crippen molar-refractivity contribution in [2.24, 2.45) is 5.92 Å². The van der Waals surface area contributed by atoms with Crippen LogP contribution in [0, 0.1) is 5.92 Å². The average Bonchev–Trinajstić information content (AvgIpc) is 2.84. The van der Waals surface area contributed by atoms with Crippen LogP contribution in [0.25, 0.3) is 0 Å². The van der Waals surface area contributed by atoms with Crippen molar-refractivity contribution in [3.63, 3.8) is 0 Å². The minimum atomic E-state index is -0.857. The molecule has 0 aromatic heterocycles. The third-order valence-corrected chi connectivity index (χ3v) is 3.93. The number of carboxylic acid groups (broad SMARTS) is 1. The summed E-state index contributed by atoms with van der Waals surface area (Å²) in [7, 11) is 0. The lowest BCUT2D eigenvalue weighted by atomic mass is 10.0. The molecule has 1 aromatic rings. The predicted molar refractivity (Wildman–Crippen MR) is 71.7 cm³/mol. The SMILES string of the molecule is CCC1CCCC1NCc1cccc(C(=O)O)c1. The molecule has 2 unspecified atom stereocenters. The van der Waals surface area contributed by atoms with Crippen LogP contribution < -0.4 is 5.32 Å². The van der Waals surface area contributed by atoms with Crippen molar-refractivity contribution >= 4 is 5.97 Å². The predicted octanol–water partition coefficient (Wildman–Crippen LogP) is 3.05. The number of nitrogens with one attached hydrogen (secondary N) is 1. The van der Waals surface area contributed by atoms with E-state index in [9.17, 15) is 4.79 Å². The van der Waals surface area contributed by atoms with E-state index >= 15 is 0 Å². The Balaban J connectivity index is 1.93. The molecule has 1 aliphatic rings. The quantitative estimate of drug-likeness (QED) is 0.840. The third kappa shape index (κ3) is 3.10. The summed E-state index contributed by atoms with van der Waals surface area (Å²) in [5, 5.41) is 12.5. The molecule has 0 aliphatic heterocycles. The topological polar surface area (TPSA) is 49.3 Å². The zero-order chi connectivity index (χ0) is 13.0. The summed E-state index contributed by atoms with van der Waals surface area (Å²) < 4.78 is 0. The Morgan fingerprint density at radius 1 is 1.44 bits per heavy atom. The third-order valence-electron chi connectivity index (χ3n) is 3.93. The summed E-state index contributed by atoms with van der Waals surface area (Å²) in [6.45, 7) is 3.01. The molecule has 0 amide bonds. The summed E-state index contributed by atoms with van der Waals surface area (Å²) in [6.07, 6.45) is 5.11. The van der Waals surface area contributed by atoms with Gasteiger partial charge in [0.2, 0.25) is 0 Å². The molecular formula is C15H21NO2. The van der Waals surface area contributed by atoms with Crippen molar-refractivity contribution in [1.29, 1.82) is 0 Å². The molecule has 0 saturated heterocycles. The maximum atomic E-state index is 10.9. The molecular weight excluding hydrogens is 226 g/mol. The van der Waals surface area contributed by atoms with Crippen LogP contribution in [0.1, 0.15) is 48.5 Å². The molecule has 1 fully saturated rings. The van der Waals surface area contributed by atoms with E-state index in [-0.39, 0.29) is 0 Å². The molecule has 0 radical (unpaired) electrons. The number of aromatic carboxylic acids is 1. The van der Waals surface area contributed by atoms with Crippen molar-refractivity contribution in [1.82, 2.24) is 5.32 Å². The van der Waals surface area contributed by atoms with E-state index in [4.69, 9.17) is 5.11 Å². The molecule has 3 nitrogen and oxygen atoms in total. The Labute approximate surface area is 108 Å². The molecule has 2 N–H and O–H groups in total. The Bertz CT molecular complexity index is 417. The lowest BCUT2D eigenvalue weighted by molar-refractivity contribution is 0.0696. The van der Waals surface area contributed by atoms with Crippen LogP contribution in [0.4, 0.5) is 0 Å². The van der Waals surface area contributed by atoms with E-state index in [1.165, 1.54) is 25.7 Å². The highest BCUT2D eigenvalue weighted by Crippen LogP contribution is 2.28. The number of rotatable bonds is 5. The molecule has 98 valence electrons. The van der Waals surface area contributed by atoms with Gasteiger partial charge in [-0.25, -0.2) is 4.79 Å². The summed E-state index contributed by atoms with van der Waals surface area (Å²) in [5.41, 5.74) is 1.42. The normalized spacial score (nSPS) is 23.2. The first-order valence-electron chi connectivity index (χ1n) is 6.76. The maximum absolute atomic E-state index is 10.9. The van der Waals surface area contributed by atoms with Gasteiger partial charge in [0.05, 0.1) is 5.56 Å². The van der Waals surface area contributed by atoms with Crippen LogP contribution in [0.2, 0.25) is 0 Å². The second-order valence-corrected chi connectivity index (χ2v) is 5.09. The standard InChI is InChI=1S/C15H21NO2/c1-2-12-6-4-8-14(12)16-10-11-5-3-7-13(9-11)15(17)18/h3,5,7,9,12,14,16H,2,4,6,8,10H2,1H3,(H,17,18). The zero-order valence-electron chi connectivity index (χ0n) is 10.9. The fourth-order valence-electron chi connectivity index (χ4n) is 2.86. The Hall–Kier alpha value is -1.35. The first-order valence-corrected chi connectivity index (χ1v) is 6.76. The van der Waals surface area contributed by atoms with Gasteiger partial charge in [0.25, 0.3) is 0 Å². The van der Waals surface area contributed by atoms with Crippen molar-refractivity contribution in [2.75, 3.05) is 0 Å².